The maximum absolute atomic E-state index is 12.4. The predicted molar refractivity (Wildman–Crippen MR) is 75.4 cm³/mol. The van der Waals surface area contributed by atoms with E-state index >= 15 is 0 Å². The Balaban J connectivity index is 2.08. The third-order valence-corrected chi connectivity index (χ3v) is 3.34. The van der Waals surface area contributed by atoms with Gasteiger partial charge in [-0.1, -0.05) is 28.1 Å². The lowest BCUT2D eigenvalue weighted by Gasteiger charge is -2.16. The molecule has 1 atom stereocenters. The first-order valence-corrected chi connectivity index (χ1v) is 6.71. The summed E-state index contributed by atoms with van der Waals surface area (Å²) in [6, 6.07) is 10.0. The van der Waals surface area contributed by atoms with Crippen molar-refractivity contribution in [1.29, 1.82) is 0 Å². The minimum absolute atomic E-state index is 0.0263. The van der Waals surface area contributed by atoms with Gasteiger partial charge in [0.05, 0.1) is 11.9 Å². The minimum Gasteiger partial charge on any atom is -0.377 e. The molecule has 0 saturated heterocycles. The molecule has 2 rings (SSSR count). The summed E-state index contributed by atoms with van der Waals surface area (Å²) in [6.07, 6.45) is -3.21. The second-order valence-corrected chi connectivity index (χ2v) is 5.26. The quantitative estimate of drug-likeness (QED) is 0.843. The third-order valence-electron chi connectivity index (χ3n) is 2.81. The predicted octanol–water partition coefficient (Wildman–Crippen LogP) is 5.04. The Labute approximate surface area is 123 Å². The third kappa shape index (κ3) is 3.72. The molecular formula is C14H12BrF3N2. The Hall–Kier alpha value is -1.56. The first kappa shape index (κ1) is 14.8. The van der Waals surface area contributed by atoms with Crippen LogP contribution in [-0.2, 0) is 6.18 Å². The molecule has 0 aliphatic rings. The highest BCUT2D eigenvalue weighted by Gasteiger charge is 2.32. The average molecular weight is 345 g/mol. The van der Waals surface area contributed by atoms with Crippen LogP contribution >= 0.6 is 15.9 Å². The number of anilines is 1. The molecule has 0 fully saturated rings. The number of hydrogen-bond acceptors (Lipinski definition) is 2. The molecule has 0 spiro atoms. The molecule has 1 heterocycles. The van der Waals surface area contributed by atoms with Crippen LogP contribution in [0.2, 0.25) is 0 Å². The Morgan fingerprint density at radius 2 is 1.75 bits per heavy atom. The summed E-state index contributed by atoms with van der Waals surface area (Å²) in [6.45, 7) is 1.93. The highest BCUT2D eigenvalue weighted by atomic mass is 79.9. The molecule has 1 unspecified atom stereocenters. The molecule has 0 bridgehead atoms. The molecule has 2 nitrogen and oxygen atoms in total. The van der Waals surface area contributed by atoms with Crippen molar-refractivity contribution in [3.63, 3.8) is 0 Å². The number of nitrogens with zero attached hydrogens (tertiary/aromatic N) is 1. The van der Waals surface area contributed by atoms with Crippen molar-refractivity contribution in [1.82, 2.24) is 4.98 Å². The van der Waals surface area contributed by atoms with Gasteiger partial charge in [0.25, 0.3) is 0 Å². The Morgan fingerprint density at radius 3 is 2.25 bits per heavy atom. The van der Waals surface area contributed by atoms with Crippen LogP contribution in [0, 0.1) is 0 Å². The lowest BCUT2D eigenvalue weighted by molar-refractivity contribution is -0.141. The molecule has 20 heavy (non-hydrogen) atoms. The normalized spacial score (nSPS) is 13.1. The summed E-state index contributed by atoms with van der Waals surface area (Å²) in [5.74, 6) is 0. The highest BCUT2D eigenvalue weighted by Crippen LogP contribution is 2.28. The van der Waals surface area contributed by atoms with E-state index in [1.165, 1.54) is 12.3 Å². The van der Waals surface area contributed by atoms with Crippen LogP contribution in [-0.4, -0.2) is 4.98 Å². The molecular weight excluding hydrogens is 333 g/mol. The number of pyridine rings is 1. The van der Waals surface area contributed by atoms with E-state index in [0.29, 0.717) is 5.69 Å². The van der Waals surface area contributed by atoms with E-state index in [2.05, 4.69) is 26.2 Å². The van der Waals surface area contributed by atoms with Gasteiger partial charge in [-0.3, -0.25) is 0 Å². The lowest BCUT2D eigenvalue weighted by Crippen LogP contribution is -2.10. The van der Waals surface area contributed by atoms with Crippen LogP contribution in [0.5, 0.6) is 0 Å². The minimum atomic E-state index is -4.41. The summed E-state index contributed by atoms with van der Waals surface area (Å²) in [7, 11) is 0. The standard InChI is InChI=1S/C14H12BrF3N2/c1-9(10-2-4-11(15)5-3-10)20-12-6-7-13(19-8-12)14(16,17)18/h2-9,20H,1H3. The number of benzene rings is 1. The van der Waals surface area contributed by atoms with Crippen LogP contribution in [0.4, 0.5) is 18.9 Å². The van der Waals surface area contributed by atoms with Gasteiger partial charge in [0.1, 0.15) is 5.69 Å². The van der Waals surface area contributed by atoms with Gasteiger partial charge < -0.3 is 5.32 Å². The van der Waals surface area contributed by atoms with E-state index in [1.807, 2.05) is 31.2 Å². The fraction of sp³-hybridized carbons (Fsp3) is 0.214. The van der Waals surface area contributed by atoms with Crippen molar-refractivity contribution in [2.24, 2.45) is 0 Å². The second-order valence-electron chi connectivity index (χ2n) is 4.35. The van der Waals surface area contributed by atoms with E-state index in [9.17, 15) is 13.2 Å². The molecule has 2 aromatic rings. The molecule has 106 valence electrons. The summed E-state index contributed by atoms with van der Waals surface area (Å²) in [5.41, 5.74) is 0.695. The van der Waals surface area contributed by atoms with Gasteiger partial charge in [0, 0.05) is 10.5 Å². The van der Waals surface area contributed by atoms with E-state index in [4.69, 9.17) is 0 Å². The van der Waals surface area contributed by atoms with Crippen LogP contribution < -0.4 is 5.32 Å². The largest absolute Gasteiger partial charge is 0.433 e. The van der Waals surface area contributed by atoms with Crippen molar-refractivity contribution in [3.05, 3.63) is 58.3 Å². The summed E-state index contributed by atoms with van der Waals surface area (Å²) in [4.78, 5) is 3.42. The molecule has 1 N–H and O–H groups in total. The maximum atomic E-state index is 12.4. The first-order valence-electron chi connectivity index (χ1n) is 5.91. The summed E-state index contributed by atoms with van der Waals surface area (Å²) < 4.78 is 38.2. The number of alkyl halides is 3. The van der Waals surface area contributed by atoms with Gasteiger partial charge in [-0.15, -0.1) is 0 Å². The second kappa shape index (κ2) is 5.83. The smallest absolute Gasteiger partial charge is 0.377 e. The van der Waals surface area contributed by atoms with Gasteiger partial charge in [-0.25, -0.2) is 4.98 Å². The van der Waals surface area contributed by atoms with Crippen LogP contribution in [0.1, 0.15) is 24.2 Å². The topological polar surface area (TPSA) is 24.9 Å². The molecule has 0 aliphatic carbocycles. The van der Waals surface area contributed by atoms with Gasteiger partial charge in [0.2, 0.25) is 0 Å². The van der Waals surface area contributed by atoms with Crippen molar-refractivity contribution < 1.29 is 13.2 Å². The number of hydrogen-bond donors (Lipinski definition) is 1. The van der Waals surface area contributed by atoms with Gasteiger partial charge >= 0.3 is 6.18 Å². The molecule has 0 radical (unpaired) electrons. The number of halogens is 4. The van der Waals surface area contributed by atoms with Crippen molar-refractivity contribution >= 4 is 21.6 Å². The molecule has 1 aromatic carbocycles. The van der Waals surface area contributed by atoms with Gasteiger partial charge in [0.15, 0.2) is 0 Å². The van der Waals surface area contributed by atoms with Crippen molar-refractivity contribution in [3.8, 4) is 0 Å². The van der Waals surface area contributed by atoms with E-state index < -0.39 is 11.9 Å². The number of rotatable bonds is 3. The zero-order chi connectivity index (χ0) is 14.8. The Bertz CT molecular complexity index is 564. The molecule has 1 aromatic heterocycles. The number of nitrogens with one attached hydrogen (secondary N) is 1. The fourth-order valence-corrected chi connectivity index (χ4v) is 2.00. The zero-order valence-electron chi connectivity index (χ0n) is 10.6. The van der Waals surface area contributed by atoms with Gasteiger partial charge in [-0.05, 0) is 36.8 Å². The van der Waals surface area contributed by atoms with E-state index in [-0.39, 0.29) is 6.04 Å². The summed E-state index contributed by atoms with van der Waals surface area (Å²) >= 11 is 3.35. The van der Waals surface area contributed by atoms with Crippen LogP contribution in [0.3, 0.4) is 0 Å². The zero-order valence-corrected chi connectivity index (χ0v) is 12.2. The molecule has 0 aliphatic heterocycles. The molecule has 0 saturated carbocycles. The fourth-order valence-electron chi connectivity index (χ4n) is 1.73. The monoisotopic (exact) mass is 344 g/mol. The molecule has 6 heteroatoms. The average Bonchev–Trinajstić information content (AvgIpc) is 2.39. The summed E-state index contributed by atoms with van der Waals surface area (Å²) in [5, 5.41) is 3.11. The lowest BCUT2D eigenvalue weighted by atomic mass is 10.1. The van der Waals surface area contributed by atoms with E-state index in [0.717, 1.165) is 16.1 Å². The van der Waals surface area contributed by atoms with Crippen LogP contribution in [0.15, 0.2) is 47.1 Å². The Morgan fingerprint density at radius 1 is 1.10 bits per heavy atom. The van der Waals surface area contributed by atoms with Crippen molar-refractivity contribution in [2.45, 2.75) is 19.1 Å². The number of aromatic nitrogens is 1. The SMILES string of the molecule is CC(Nc1ccc(C(F)(F)F)nc1)c1ccc(Br)cc1. The van der Waals surface area contributed by atoms with Crippen molar-refractivity contribution in [2.75, 3.05) is 5.32 Å². The van der Waals surface area contributed by atoms with Gasteiger partial charge in [-0.2, -0.15) is 13.2 Å². The first-order chi connectivity index (χ1) is 9.36. The highest BCUT2D eigenvalue weighted by molar-refractivity contribution is 9.10. The van der Waals surface area contributed by atoms with Crippen LogP contribution in [0.25, 0.3) is 0 Å². The maximum Gasteiger partial charge on any atom is 0.433 e. The Kier molecular flexibility index (Phi) is 4.32. The van der Waals surface area contributed by atoms with E-state index in [1.54, 1.807) is 0 Å². The molecule has 0 amide bonds.